The van der Waals surface area contributed by atoms with Gasteiger partial charge in [-0.25, -0.2) is 0 Å². The van der Waals surface area contributed by atoms with Gasteiger partial charge in [-0.05, 0) is 12.1 Å². The van der Waals surface area contributed by atoms with Crippen LogP contribution in [0.25, 0.3) is 0 Å². The Kier molecular flexibility index (Phi) is 3.57. The molecule has 0 spiro atoms. The summed E-state index contributed by atoms with van der Waals surface area (Å²) in [5, 5.41) is 0. The van der Waals surface area contributed by atoms with Crippen LogP contribution in [0.4, 0.5) is 11.4 Å². The van der Waals surface area contributed by atoms with Gasteiger partial charge < -0.3 is 11.5 Å². The highest BCUT2D eigenvalue weighted by molar-refractivity contribution is 6.31. The van der Waals surface area contributed by atoms with Crippen molar-refractivity contribution in [1.29, 1.82) is 0 Å². The average Bonchev–Trinajstić information content (AvgIpc) is 2.49. The lowest BCUT2D eigenvalue weighted by Gasteiger charge is -2.20. The number of carbonyl (C=O) groups excluding carboxylic acids is 2. The minimum atomic E-state index is -0.245. The van der Waals surface area contributed by atoms with Crippen molar-refractivity contribution < 1.29 is 9.59 Å². The number of rotatable bonds is 0. The van der Waals surface area contributed by atoms with Crippen LogP contribution >= 0.6 is 0 Å². The van der Waals surface area contributed by atoms with Gasteiger partial charge in [0.15, 0.2) is 11.6 Å². The Morgan fingerprint density at radius 2 is 1.05 bits per heavy atom. The molecule has 0 amide bonds. The maximum Gasteiger partial charge on any atom is 0.196 e. The third-order valence-corrected chi connectivity index (χ3v) is 3.14. The molecule has 0 unspecified atom stereocenters. The van der Waals surface area contributed by atoms with Gasteiger partial charge in [-0.2, -0.15) is 0 Å². The Bertz CT molecular complexity index is 646. The Labute approximate surface area is 117 Å². The molecule has 2 aromatic rings. The molecular formula is C16H16N2O2. The molecule has 0 bridgehead atoms. The van der Waals surface area contributed by atoms with Crippen molar-refractivity contribution in [3.05, 3.63) is 58.7 Å². The molecule has 20 heavy (non-hydrogen) atoms. The molecule has 4 N–H and O–H groups in total. The van der Waals surface area contributed by atoms with Crippen molar-refractivity contribution in [2.75, 3.05) is 11.5 Å². The Morgan fingerprint density at radius 1 is 0.700 bits per heavy atom. The molecule has 3 rings (SSSR count). The molecule has 0 saturated carbocycles. The van der Waals surface area contributed by atoms with Gasteiger partial charge in [-0.3, -0.25) is 9.59 Å². The molecule has 0 saturated heterocycles. The van der Waals surface area contributed by atoms with Gasteiger partial charge in [0.25, 0.3) is 0 Å². The lowest BCUT2D eigenvalue weighted by molar-refractivity contribution is 0.0980. The molecular weight excluding hydrogens is 252 g/mol. The minimum absolute atomic E-state index is 0.221. The fraction of sp³-hybridized carbons (Fsp3) is 0.125. The monoisotopic (exact) mass is 268 g/mol. The fourth-order valence-electron chi connectivity index (χ4n) is 2.27. The first-order valence-electron chi connectivity index (χ1n) is 6.47. The molecule has 0 aromatic heterocycles. The number of anilines is 2. The maximum absolute atomic E-state index is 12.3. The van der Waals surface area contributed by atoms with Crippen molar-refractivity contribution in [2.24, 2.45) is 0 Å². The second kappa shape index (κ2) is 5.17. The second-order valence-electron chi connectivity index (χ2n) is 4.20. The topological polar surface area (TPSA) is 86.2 Å². The van der Waals surface area contributed by atoms with Crippen molar-refractivity contribution >= 4 is 22.9 Å². The molecule has 0 radical (unpaired) electrons. The highest BCUT2D eigenvalue weighted by Crippen LogP contribution is 2.33. The van der Waals surface area contributed by atoms with Crippen molar-refractivity contribution in [2.45, 2.75) is 13.8 Å². The Morgan fingerprint density at radius 3 is 1.40 bits per heavy atom. The highest BCUT2D eigenvalue weighted by Gasteiger charge is 2.32. The van der Waals surface area contributed by atoms with Crippen LogP contribution in [0.2, 0.25) is 0 Å². The van der Waals surface area contributed by atoms with E-state index in [1.54, 1.807) is 36.4 Å². The molecule has 102 valence electrons. The van der Waals surface area contributed by atoms with Crippen LogP contribution in [0.1, 0.15) is 45.7 Å². The van der Waals surface area contributed by atoms with E-state index in [1.807, 2.05) is 13.8 Å². The lowest BCUT2D eigenvalue weighted by Crippen LogP contribution is -2.23. The van der Waals surface area contributed by atoms with Crippen LogP contribution < -0.4 is 11.5 Å². The number of hydrogen-bond acceptors (Lipinski definition) is 4. The number of benzene rings is 2. The molecule has 1 aliphatic carbocycles. The number of nitrogens with two attached hydrogens (primary N) is 2. The third kappa shape index (κ3) is 1.86. The number of ketones is 2. The van der Waals surface area contributed by atoms with Gasteiger partial charge in [0.05, 0.1) is 11.1 Å². The summed E-state index contributed by atoms with van der Waals surface area (Å²) in [7, 11) is 0. The summed E-state index contributed by atoms with van der Waals surface area (Å²) in [5.74, 6) is -0.491. The van der Waals surface area contributed by atoms with Crippen LogP contribution in [0.15, 0.2) is 36.4 Å². The van der Waals surface area contributed by atoms with E-state index in [2.05, 4.69) is 0 Å². The van der Waals surface area contributed by atoms with Gasteiger partial charge in [0.1, 0.15) is 0 Å². The number of hydrogen-bond donors (Lipinski definition) is 2. The Balaban J connectivity index is 0.000000704. The first-order chi connectivity index (χ1) is 9.61. The molecule has 0 heterocycles. The molecule has 4 heteroatoms. The van der Waals surface area contributed by atoms with E-state index in [-0.39, 0.29) is 34.1 Å². The predicted molar refractivity (Wildman–Crippen MR) is 79.9 cm³/mol. The van der Waals surface area contributed by atoms with E-state index < -0.39 is 0 Å². The van der Waals surface area contributed by atoms with Crippen LogP contribution in [0.5, 0.6) is 0 Å². The van der Waals surface area contributed by atoms with Crippen LogP contribution in [-0.4, -0.2) is 11.6 Å². The van der Waals surface area contributed by atoms with Crippen molar-refractivity contribution in [3.63, 3.8) is 0 Å². The standard InChI is InChI=1S/C14H10N2O2.C2H6/c15-9-5-6-10(16)12-11(9)13(17)7-3-1-2-4-8(7)14(12)18;1-2/h1-6H,15-16H2;1-2H3. The second-order valence-corrected chi connectivity index (χ2v) is 4.20. The van der Waals surface area contributed by atoms with Crippen LogP contribution in [0, 0.1) is 0 Å². The van der Waals surface area contributed by atoms with E-state index in [9.17, 15) is 9.59 Å². The molecule has 1 aliphatic rings. The summed E-state index contributed by atoms with van der Waals surface area (Å²) in [5.41, 5.74) is 13.4. The molecule has 2 aromatic carbocycles. The summed E-state index contributed by atoms with van der Waals surface area (Å²) >= 11 is 0. The highest BCUT2D eigenvalue weighted by atomic mass is 16.1. The summed E-state index contributed by atoms with van der Waals surface area (Å²) < 4.78 is 0. The first kappa shape index (κ1) is 13.8. The van der Waals surface area contributed by atoms with Gasteiger partial charge in [-0.1, -0.05) is 38.1 Å². The average molecular weight is 268 g/mol. The smallest absolute Gasteiger partial charge is 0.196 e. The third-order valence-electron chi connectivity index (χ3n) is 3.14. The normalized spacial score (nSPS) is 12.1. The molecule has 0 atom stereocenters. The lowest BCUT2D eigenvalue weighted by atomic mass is 9.82. The van der Waals surface area contributed by atoms with E-state index >= 15 is 0 Å². The summed E-state index contributed by atoms with van der Waals surface area (Å²) in [6.45, 7) is 4.00. The summed E-state index contributed by atoms with van der Waals surface area (Å²) in [6.07, 6.45) is 0. The van der Waals surface area contributed by atoms with Gasteiger partial charge >= 0.3 is 0 Å². The van der Waals surface area contributed by atoms with Gasteiger partial charge in [0.2, 0.25) is 0 Å². The summed E-state index contributed by atoms with van der Waals surface area (Å²) in [4.78, 5) is 24.7. The largest absolute Gasteiger partial charge is 0.398 e. The first-order valence-corrected chi connectivity index (χ1v) is 6.47. The zero-order valence-corrected chi connectivity index (χ0v) is 11.4. The quantitative estimate of drug-likeness (QED) is 0.614. The van der Waals surface area contributed by atoms with Crippen molar-refractivity contribution in [3.8, 4) is 0 Å². The molecule has 0 aliphatic heterocycles. The SMILES string of the molecule is CC.Nc1ccc(N)c2c1C(=O)c1ccccc1C2=O. The zero-order valence-electron chi connectivity index (χ0n) is 11.4. The van der Waals surface area contributed by atoms with Crippen molar-refractivity contribution in [1.82, 2.24) is 0 Å². The summed E-state index contributed by atoms with van der Waals surface area (Å²) in [6, 6.07) is 9.79. The number of nitrogen functional groups attached to an aromatic ring is 2. The Hall–Kier alpha value is -2.62. The van der Waals surface area contributed by atoms with E-state index in [0.29, 0.717) is 11.1 Å². The predicted octanol–water partition coefficient (Wildman–Crippen LogP) is 2.65. The van der Waals surface area contributed by atoms with Gasteiger partial charge in [-0.15, -0.1) is 0 Å². The van der Waals surface area contributed by atoms with E-state index in [0.717, 1.165) is 0 Å². The van der Waals surface area contributed by atoms with Gasteiger partial charge in [0, 0.05) is 22.5 Å². The number of fused-ring (bicyclic) bond motifs is 2. The molecule has 4 nitrogen and oxygen atoms in total. The minimum Gasteiger partial charge on any atom is -0.398 e. The number of carbonyl (C=O) groups is 2. The van der Waals surface area contributed by atoms with Crippen LogP contribution in [0.3, 0.4) is 0 Å². The van der Waals surface area contributed by atoms with E-state index in [4.69, 9.17) is 11.5 Å². The zero-order chi connectivity index (χ0) is 14.9. The molecule has 0 fully saturated rings. The fourth-order valence-corrected chi connectivity index (χ4v) is 2.27. The van der Waals surface area contributed by atoms with E-state index in [1.165, 1.54) is 0 Å². The van der Waals surface area contributed by atoms with Crippen LogP contribution in [-0.2, 0) is 0 Å². The maximum atomic E-state index is 12.3.